The topological polar surface area (TPSA) is 113 Å². The van der Waals surface area contributed by atoms with Crippen molar-refractivity contribution in [1.29, 1.82) is 0 Å². The lowest BCUT2D eigenvalue weighted by molar-refractivity contribution is -0.252. The summed E-state index contributed by atoms with van der Waals surface area (Å²) in [4.78, 5) is 39.1. The van der Waals surface area contributed by atoms with Crippen LogP contribution in [0.3, 0.4) is 0 Å². The summed E-state index contributed by atoms with van der Waals surface area (Å²) < 4.78 is 6.15. The first-order valence-corrected chi connectivity index (χ1v) is 19.2. The maximum atomic E-state index is 14.4. The summed E-state index contributed by atoms with van der Waals surface area (Å²) in [6.45, 7) is 22.1. The summed E-state index contributed by atoms with van der Waals surface area (Å²) in [5.74, 6) is 1.20. The molecule has 0 saturated heterocycles. The van der Waals surface area contributed by atoms with Gasteiger partial charge >= 0.3 is 11.9 Å². The number of carboxylic acids is 1. The van der Waals surface area contributed by atoms with Crippen molar-refractivity contribution in [2.75, 3.05) is 6.61 Å². The molecule has 0 heterocycles. The van der Waals surface area contributed by atoms with Gasteiger partial charge < -0.3 is 20.3 Å². The van der Waals surface area contributed by atoms with Crippen molar-refractivity contribution in [3.05, 3.63) is 12.2 Å². The lowest BCUT2D eigenvalue weighted by Crippen LogP contribution is -2.68. The van der Waals surface area contributed by atoms with Crippen LogP contribution in [-0.2, 0) is 19.1 Å². The van der Waals surface area contributed by atoms with E-state index in [4.69, 9.17) is 4.74 Å². The lowest BCUT2D eigenvalue weighted by Gasteiger charge is -2.73. The van der Waals surface area contributed by atoms with E-state index in [2.05, 4.69) is 72.9 Å². The molecule has 5 aliphatic rings. The average molecular weight is 670 g/mol. The molecule has 0 aromatic carbocycles. The number of amides is 1. The molecule has 7 nitrogen and oxygen atoms in total. The summed E-state index contributed by atoms with van der Waals surface area (Å²) in [6.07, 6.45) is 14.1. The summed E-state index contributed by atoms with van der Waals surface area (Å²) >= 11 is 0. The zero-order valence-corrected chi connectivity index (χ0v) is 31.8. The molecule has 0 aromatic rings. The van der Waals surface area contributed by atoms with Gasteiger partial charge in [0.15, 0.2) is 0 Å². The van der Waals surface area contributed by atoms with Crippen LogP contribution in [0.15, 0.2) is 12.2 Å². The number of carboxylic acid groups (broad SMARTS) is 1. The SMILES string of the molecule is CC(C)C[C@@H](CO)NC(=O)[C@]12CC=C[C@@H](C)[C@@H]1C1CC[C@@H]3[C@@]4(C)CC[C@H](OC(=O)CC(C)(C)C(=O)O)C(C)(C)[C@@H]4CC[C@@]3(C)[C@]1(C)CC2. The summed E-state index contributed by atoms with van der Waals surface area (Å²) in [7, 11) is 0. The molecule has 272 valence electrons. The summed E-state index contributed by atoms with van der Waals surface area (Å²) in [5, 5.41) is 23.1. The molecular formula is C41H67NO6. The van der Waals surface area contributed by atoms with Crippen LogP contribution >= 0.6 is 0 Å². The molecule has 7 heteroatoms. The number of aliphatic hydroxyl groups is 1. The molecular weight excluding hydrogens is 602 g/mol. The van der Waals surface area contributed by atoms with Gasteiger partial charge in [-0.1, -0.05) is 67.5 Å². The monoisotopic (exact) mass is 669 g/mol. The first kappa shape index (κ1) is 37.4. The van der Waals surface area contributed by atoms with Gasteiger partial charge in [0.1, 0.15) is 6.10 Å². The second kappa shape index (κ2) is 12.7. The molecule has 5 rings (SSSR count). The number of carbonyl (C=O) groups is 3. The van der Waals surface area contributed by atoms with E-state index < -0.39 is 22.8 Å². The number of aliphatic hydroxyl groups excluding tert-OH is 1. The van der Waals surface area contributed by atoms with Crippen molar-refractivity contribution < 1.29 is 29.3 Å². The Bertz CT molecular complexity index is 1290. The number of allylic oxidation sites excluding steroid dienone is 2. The Morgan fingerprint density at radius 3 is 2.25 bits per heavy atom. The predicted octanol–water partition coefficient (Wildman–Crippen LogP) is 8.19. The predicted molar refractivity (Wildman–Crippen MR) is 189 cm³/mol. The molecule has 0 bridgehead atoms. The number of hydrogen-bond acceptors (Lipinski definition) is 5. The van der Waals surface area contributed by atoms with E-state index in [1.165, 1.54) is 0 Å². The second-order valence-corrected chi connectivity index (χ2v) is 19.5. The number of esters is 1. The van der Waals surface area contributed by atoms with Crippen LogP contribution < -0.4 is 5.32 Å². The van der Waals surface area contributed by atoms with Gasteiger partial charge in [0.05, 0.1) is 29.9 Å². The van der Waals surface area contributed by atoms with Crippen LogP contribution in [0.1, 0.15) is 140 Å². The maximum Gasteiger partial charge on any atom is 0.309 e. The van der Waals surface area contributed by atoms with E-state index >= 15 is 0 Å². The third-order valence-corrected chi connectivity index (χ3v) is 15.7. The fraction of sp³-hybridized carbons (Fsp3) is 0.878. The number of aliphatic carboxylic acids is 1. The highest BCUT2D eigenvalue weighted by Crippen LogP contribution is 2.76. The molecule has 0 spiro atoms. The molecule has 11 atom stereocenters. The molecule has 0 aliphatic heterocycles. The smallest absolute Gasteiger partial charge is 0.309 e. The van der Waals surface area contributed by atoms with Crippen LogP contribution in [-0.4, -0.2) is 46.8 Å². The molecule has 48 heavy (non-hydrogen) atoms. The van der Waals surface area contributed by atoms with Crippen LogP contribution in [0.25, 0.3) is 0 Å². The van der Waals surface area contributed by atoms with Gasteiger partial charge in [0.25, 0.3) is 0 Å². The Balaban J connectivity index is 1.40. The lowest BCUT2D eigenvalue weighted by atomic mass is 9.31. The molecule has 4 fully saturated rings. The van der Waals surface area contributed by atoms with Gasteiger partial charge in [0.2, 0.25) is 5.91 Å². The Morgan fingerprint density at radius 2 is 1.62 bits per heavy atom. The number of rotatable bonds is 9. The third-order valence-electron chi connectivity index (χ3n) is 15.7. The molecule has 3 N–H and O–H groups in total. The average Bonchev–Trinajstić information content (AvgIpc) is 2.98. The first-order valence-electron chi connectivity index (χ1n) is 19.2. The molecule has 1 amide bonds. The Morgan fingerprint density at radius 1 is 0.938 bits per heavy atom. The number of nitrogens with one attached hydrogen (secondary N) is 1. The Kier molecular flexibility index (Phi) is 9.89. The summed E-state index contributed by atoms with van der Waals surface area (Å²) in [5.41, 5.74) is -1.42. The zero-order valence-electron chi connectivity index (χ0n) is 31.8. The van der Waals surface area contributed by atoms with Crippen molar-refractivity contribution in [2.24, 2.45) is 68.0 Å². The molecule has 5 aliphatic carbocycles. The van der Waals surface area contributed by atoms with Crippen LogP contribution in [0.5, 0.6) is 0 Å². The van der Waals surface area contributed by atoms with Gasteiger partial charge in [-0.3, -0.25) is 14.4 Å². The largest absolute Gasteiger partial charge is 0.481 e. The van der Waals surface area contributed by atoms with Crippen molar-refractivity contribution in [3.8, 4) is 0 Å². The molecule has 0 aromatic heterocycles. The second-order valence-electron chi connectivity index (χ2n) is 19.5. The van der Waals surface area contributed by atoms with Gasteiger partial charge in [-0.15, -0.1) is 0 Å². The van der Waals surface area contributed by atoms with E-state index in [9.17, 15) is 24.6 Å². The van der Waals surface area contributed by atoms with Gasteiger partial charge in [-0.25, -0.2) is 0 Å². The molecule has 4 saturated carbocycles. The number of hydrogen-bond donors (Lipinski definition) is 3. The molecule has 1 unspecified atom stereocenters. The Hall–Kier alpha value is -1.89. The number of fused-ring (bicyclic) bond motifs is 7. The highest BCUT2D eigenvalue weighted by Gasteiger charge is 2.71. The quantitative estimate of drug-likeness (QED) is 0.169. The zero-order chi connectivity index (χ0) is 35.7. The van der Waals surface area contributed by atoms with Crippen molar-refractivity contribution >= 4 is 17.8 Å². The van der Waals surface area contributed by atoms with Crippen molar-refractivity contribution in [1.82, 2.24) is 5.32 Å². The standard InChI is InChI=1S/C41H67NO6/c1-25(2)22-27(24-43)42-34(45)41-17-11-12-26(3)33(41)28-13-14-30-38(8)18-16-31(48-32(44)23-36(4,5)35(46)47)37(6,7)29(38)15-19-40(30,10)39(28,9)20-21-41/h11-12,25-31,33,43H,13-24H2,1-10H3,(H,42,45)(H,46,47)/t26-,27+,28?,29+,30-,31+,33-,38+,39-,40-,41+/m1/s1. The van der Waals surface area contributed by atoms with E-state index in [0.29, 0.717) is 29.6 Å². The van der Waals surface area contributed by atoms with Crippen molar-refractivity contribution in [3.63, 3.8) is 0 Å². The van der Waals surface area contributed by atoms with Crippen molar-refractivity contribution in [2.45, 2.75) is 152 Å². The van der Waals surface area contributed by atoms with E-state index in [1.54, 1.807) is 13.8 Å². The minimum Gasteiger partial charge on any atom is -0.481 e. The normalized spacial score (nSPS) is 42.4. The van der Waals surface area contributed by atoms with E-state index in [1.807, 2.05) is 0 Å². The Labute approximate surface area is 290 Å². The van der Waals surface area contributed by atoms with E-state index in [0.717, 1.165) is 64.2 Å². The number of ether oxygens (including phenoxy) is 1. The van der Waals surface area contributed by atoms with Crippen LogP contribution in [0, 0.1) is 68.0 Å². The van der Waals surface area contributed by atoms with Crippen LogP contribution in [0.2, 0.25) is 0 Å². The van der Waals surface area contributed by atoms with E-state index in [-0.39, 0.29) is 58.7 Å². The fourth-order valence-corrected chi connectivity index (χ4v) is 13.0. The highest BCUT2D eigenvalue weighted by atomic mass is 16.5. The highest BCUT2D eigenvalue weighted by molar-refractivity contribution is 5.84. The number of carbonyl (C=O) groups excluding carboxylic acids is 2. The van der Waals surface area contributed by atoms with Crippen LogP contribution in [0.4, 0.5) is 0 Å². The van der Waals surface area contributed by atoms with Gasteiger partial charge in [-0.2, -0.15) is 0 Å². The minimum absolute atomic E-state index is 0.0204. The minimum atomic E-state index is -1.15. The molecule has 0 radical (unpaired) electrons. The third kappa shape index (κ3) is 5.78. The fourth-order valence-electron chi connectivity index (χ4n) is 13.0. The summed E-state index contributed by atoms with van der Waals surface area (Å²) in [6, 6.07) is -0.202. The maximum absolute atomic E-state index is 14.4. The first-order chi connectivity index (χ1) is 22.2. The van der Waals surface area contributed by atoms with Gasteiger partial charge in [0, 0.05) is 5.41 Å². The van der Waals surface area contributed by atoms with Gasteiger partial charge in [-0.05, 0) is 130 Å².